The largest absolute Gasteiger partial charge is 0.355 e. The minimum Gasteiger partial charge on any atom is -0.355 e. The van der Waals surface area contributed by atoms with Gasteiger partial charge in [-0.2, -0.15) is 4.98 Å². The van der Waals surface area contributed by atoms with E-state index >= 15 is 0 Å². The first-order valence-corrected chi connectivity index (χ1v) is 7.10. The highest BCUT2D eigenvalue weighted by Crippen LogP contribution is 2.15. The van der Waals surface area contributed by atoms with Gasteiger partial charge in [0.05, 0.1) is 6.54 Å². The van der Waals surface area contributed by atoms with Crippen molar-refractivity contribution in [3.8, 4) is 11.4 Å². The quantitative estimate of drug-likeness (QED) is 0.792. The molecule has 0 bridgehead atoms. The second-order valence-corrected chi connectivity index (χ2v) is 4.61. The lowest BCUT2D eigenvalue weighted by molar-refractivity contribution is -0.126. The number of carbonyl (C=O) groups is 2. The van der Waals surface area contributed by atoms with Crippen molar-refractivity contribution in [2.75, 3.05) is 13.1 Å². The SMILES string of the molecule is CCNC(=O)CNC(=O)CCc1nc(-c2ccccc2)no1. The monoisotopic (exact) mass is 302 g/mol. The Labute approximate surface area is 128 Å². The molecule has 7 heteroatoms. The third-order valence-electron chi connectivity index (χ3n) is 2.89. The molecule has 1 aromatic carbocycles. The van der Waals surface area contributed by atoms with Crippen molar-refractivity contribution in [1.82, 2.24) is 20.8 Å². The van der Waals surface area contributed by atoms with Crippen molar-refractivity contribution in [3.63, 3.8) is 0 Å². The Morgan fingerprint density at radius 1 is 1.14 bits per heavy atom. The zero-order chi connectivity index (χ0) is 15.8. The Kier molecular flexibility index (Phi) is 5.65. The lowest BCUT2D eigenvalue weighted by atomic mass is 10.2. The molecule has 1 aromatic heterocycles. The summed E-state index contributed by atoms with van der Waals surface area (Å²) < 4.78 is 5.11. The van der Waals surface area contributed by atoms with Gasteiger partial charge in [0.1, 0.15) is 0 Å². The molecular formula is C15H18N4O3. The van der Waals surface area contributed by atoms with E-state index in [1.165, 1.54) is 0 Å². The van der Waals surface area contributed by atoms with Crippen molar-refractivity contribution < 1.29 is 14.1 Å². The number of rotatable bonds is 7. The number of aryl methyl sites for hydroxylation is 1. The molecule has 22 heavy (non-hydrogen) atoms. The predicted octanol–water partition coefficient (Wildman–Crippen LogP) is 0.921. The number of carbonyl (C=O) groups excluding carboxylic acids is 2. The normalized spacial score (nSPS) is 10.2. The molecule has 2 amide bonds. The molecule has 0 aliphatic carbocycles. The highest BCUT2D eigenvalue weighted by atomic mass is 16.5. The number of hydrogen-bond acceptors (Lipinski definition) is 5. The van der Waals surface area contributed by atoms with E-state index in [4.69, 9.17) is 4.52 Å². The van der Waals surface area contributed by atoms with Gasteiger partial charge >= 0.3 is 0 Å². The fourth-order valence-corrected chi connectivity index (χ4v) is 1.81. The Balaban J connectivity index is 1.79. The fraction of sp³-hybridized carbons (Fsp3) is 0.333. The van der Waals surface area contributed by atoms with Gasteiger partial charge < -0.3 is 15.2 Å². The predicted molar refractivity (Wildman–Crippen MR) is 79.7 cm³/mol. The molecule has 2 aromatic rings. The van der Waals surface area contributed by atoms with E-state index in [1.807, 2.05) is 37.3 Å². The Morgan fingerprint density at radius 2 is 1.91 bits per heavy atom. The molecule has 0 spiro atoms. The molecular weight excluding hydrogens is 284 g/mol. The molecule has 0 fully saturated rings. The van der Waals surface area contributed by atoms with E-state index in [-0.39, 0.29) is 24.8 Å². The average Bonchev–Trinajstić information content (AvgIpc) is 3.01. The molecule has 7 nitrogen and oxygen atoms in total. The van der Waals surface area contributed by atoms with Crippen LogP contribution in [0.4, 0.5) is 0 Å². The molecule has 0 atom stereocenters. The topological polar surface area (TPSA) is 97.1 Å². The van der Waals surface area contributed by atoms with Crippen LogP contribution in [-0.2, 0) is 16.0 Å². The molecule has 1 heterocycles. The highest BCUT2D eigenvalue weighted by Gasteiger charge is 2.11. The maximum Gasteiger partial charge on any atom is 0.239 e. The molecule has 0 unspecified atom stereocenters. The Bertz CT molecular complexity index is 625. The highest BCUT2D eigenvalue weighted by molar-refractivity contribution is 5.84. The lowest BCUT2D eigenvalue weighted by Crippen LogP contribution is -2.36. The number of nitrogens with zero attached hydrogens (tertiary/aromatic N) is 2. The van der Waals surface area contributed by atoms with E-state index in [2.05, 4.69) is 20.8 Å². The number of hydrogen-bond donors (Lipinski definition) is 2. The third-order valence-corrected chi connectivity index (χ3v) is 2.89. The standard InChI is InChI=1S/C15H18N4O3/c1-2-16-13(21)10-17-12(20)8-9-14-18-15(19-22-14)11-6-4-3-5-7-11/h3-7H,2,8-10H2,1H3,(H,16,21)(H,17,20). The van der Waals surface area contributed by atoms with Gasteiger partial charge in [-0.15, -0.1) is 0 Å². The summed E-state index contributed by atoms with van der Waals surface area (Å²) in [6, 6.07) is 9.45. The average molecular weight is 302 g/mol. The van der Waals surface area contributed by atoms with E-state index in [0.717, 1.165) is 5.56 Å². The molecule has 0 aliphatic rings. The number of aromatic nitrogens is 2. The summed E-state index contributed by atoms with van der Waals surface area (Å²) in [6.07, 6.45) is 0.525. The summed E-state index contributed by atoms with van der Waals surface area (Å²) in [7, 11) is 0. The van der Waals surface area contributed by atoms with Crippen molar-refractivity contribution in [3.05, 3.63) is 36.2 Å². The summed E-state index contributed by atoms with van der Waals surface area (Å²) in [5.74, 6) is 0.455. The number of likely N-dealkylation sites (N-methyl/N-ethyl adjacent to an activating group) is 1. The van der Waals surface area contributed by atoms with Gasteiger partial charge in [0, 0.05) is 24.9 Å². The zero-order valence-electron chi connectivity index (χ0n) is 12.3. The molecule has 0 saturated carbocycles. The number of nitrogens with one attached hydrogen (secondary N) is 2. The van der Waals surface area contributed by atoms with Crippen molar-refractivity contribution >= 4 is 11.8 Å². The summed E-state index contributed by atoms with van der Waals surface area (Å²) in [5, 5.41) is 9.02. The van der Waals surface area contributed by atoms with Crippen LogP contribution in [0.25, 0.3) is 11.4 Å². The van der Waals surface area contributed by atoms with Crippen molar-refractivity contribution in [2.24, 2.45) is 0 Å². The first-order valence-electron chi connectivity index (χ1n) is 7.10. The lowest BCUT2D eigenvalue weighted by Gasteiger charge is -2.03. The molecule has 0 saturated heterocycles. The number of amides is 2. The van der Waals surface area contributed by atoms with Crippen LogP contribution < -0.4 is 10.6 Å². The van der Waals surface area contributed by atoms with Gasteiger partial charge in [-0.05, 0) is 6.92 Å². The van der Waals surface area contributed by atoms with Crippen LogP contribution in [-0.4, -0.2) is 35.0 Å². The van der Waals surface area contributed by atoms with E-state index in [1.54, 1.807) is 0 Å². The summed E-state index contributed by atoms with van der Waals surface area (Å²) in [6.45, 7) is 2.34. The smallest absolute Gasteiger partial charge is 0.239 e. The van der Waals surface area contributed by atoms with Gasteiger partial charge in [0.2, 0.25) is 23.5 Å². The molecule has 116 valence electrons. The minimum absolute atomic E-state index is 0.0221. The summed E-state index contributed by atoms with van der Waals surface area (Å²) in [5.41, 5.74) is 0.859. The van der Waals surface area contributed by atoms with Crippen LogP contribution in [0.2, 0.25) is 0 Å². The maximum atomic E-state index is 11.6. The molecule has 0 radical (unpaired) electrons. The van der Waals surface area contributed by atoms with Gasteiger partial charge in [0.25, 0.3) is 0 Å². The van der Waals surface area contributed by atoms with E-state index < -0.39 is 0 Å². The van der Waals surface area contributed by atoms with E-state index in [0.29, 0.717) is 24.7 Å². The van der Waals surface area contributed by atoms with Crippen molar-refractivity contribution in [2.45, 2.75) is 19.8 Å². The van der Waals surface area contributed by atoms with Gasteiger partial charge in [-0.3, -0.25) is 9.59 Å². The van der Waals surface area contributed by atoms with Crippen LogP contribution in [0.5, 0.6) is 0 Å². The van der Waals surface area contributed by atoms with E-state index in [9.17, 15) is 9.59 Å². The first-order chi connectivity index (χ1) is 10.7. The van der Waals surface area contributed by atoms with Crippen LogP contribution >= 0.6 is 0 Å². The number of benzene rings is 1. The second kappa shape index (κ2) is 7.92. The van der Waals surface area contributed by atoms with Crippen LogP contribution in [0.1, 0.15) is 19.2 Å². The second-order valence-electron chi connectivity index (χ2n) is 4.61. The zero-order valence-corrected chi connectivity index (χ0v) is 12.3. The molecule has 2 rings (SSSR count). The van der Waals surface area contributed by atoms with Crippen LogP contribution in [0, 0.1) is 0 Å². The van der Waals surface area contributed by atoms with Gasteiger partial charge in [-0.1, -0.05) is 35.5 Å². The summed E-state index contributed by atoms with van der Waals surface area (Å²) in [4.78, 5) is 27.1. The van der Waals surface area contributed by atoms with Gasteiger partial charge in [-0.25, -0.2) is 0 Å². The molecule has 2 N–H and O–H groups in total. The fourth-order valence-electron chi connectivity index (χ4n) is 1.81. The van der Waals surface area contributed by atoms with Crippen LogP contribution in [0.3, 0.4) is 0 Å². The first kappa shape index (κ1) is 15.7. The maximum absolute atomic E-state index is 11.6. The Morgan fingerprint density at radius 3 is 2.64 bits per heavy atom. The third kappa shape index (κ3) is 4.69. The molecule has 0 aliphatic heterocycles. The Hall–Kier alpha value is -2.70. The van der Waals surface area contributed by atoms with Crippen LogP contribution in [0.15, 0.2) is 34.9 Å². The minimum atomic E-state index is -0.231. The summed E-state index contributed by atoms with van der Waals surface area (Å²) >= 11 is 0. The van der Waals surface area contributed by atoms with Crippen molar-refractivity contribution in [1.29, 1.82) is 0 Å². The van der Waals surface area contributed by atoms with Gasteiger partial charge in [0.15, 0.2) is 0 Å².